The molecule has 1 aromatic heterocycles. The quantitative estimate of drug-likeness (QED) is 0.787. The first-order valence-corrected chi connectivity index (χ1v) is 6.20. The van der Waals surface area contributed by atoms with Crippen molar-refractivity contribution in [3.8, 4) is 0 Å². The Labute approximate surface area is 104 Å². The van der Waals surface area contributed by atoms with Crippen molar-refractivity contribution in [1.29, 1.82) is 0 Å². The van der Waals surface area contributed by atoms with Gasteiger partial charge in [0, 0.05) is 31.1 Å². The average molecular weight is 237 g/mol. The molecule has 0 fully saturated rings. The molecule has 1 heterocycles. The lowest BCUT2D eigenvalue weighted by atomic mass is 10.1. The van der Waals surface area contributed by atoms with Crippen LogP contribution in [0.15, 0.2) is 6.20 Å². The first-order valence-electron chi connectivity index (χ1n) is 6.20. The molecule has 96 valence electrons. The van der Waals surface area contributed by atoms with Gasteiger partial charge in [0.1, 0.15) is 6.61 Å². The predicted molar refractivity (Wildman–Crippen MR) is 68.7 cm³/mol. The van der Waals surface area contributed by atoms with Crippen molar-refractivity contribution in [3.05, 3.63) is 23.3 Å². The van der Waals surface area contributed by atoms with Gasteiger partial charge < -0.3 is 10.1 Å². The molecule has 0 radical (unpaired) electrons. The number of hydrogen-bond acceptors (Lipinski definition) is 4. The highest BCUT2D eigenvalue weighted by Crippen LogP contribution is 2.07. The van der Waals surface area contributed by atoms with E-state index in [2.05, 4.69) is 36.1 Å². The van der Waals surface area contributed by atoms with Gasteiger partial charge in [0.05, 0.1) is 0 Å². The van der Waals surface area contributed by atoms with E-state index >= 15 is 0 Å². The Hall–Kier alpha value is -1.00. The minimum atomic E-state index is 0.479. The van der Waals surface area contributed by atoms with Crippen LogP contribution in [0.25, 0.3) is 0 Å². The van der Waals surface area contributed by atoms with Crippen LogP contribution in [0.2, 0.25) is 0 Å². The number of nitrogens with one attached hydrogen (secondary N) is 1. The second-order valence-corrected chi connectivity index (χ2v) is 4.57. The molecule has 1 rings (SSSR count). The highest BCUT2D eigenvalue weighted by Gasteiger charge is 2.05. The van der Waals surface area contributed by atoms with Crippen LogP contribution in [0.5, 0.6) is 0 Å². The van der Waals surface area contributed by atoms with Crippen LogP contribution in [0.3, 0.4) is 0 Å². The smallest absolute Gasteiger partial charge is 0.154 e. The second kappa shape index (κ2) is 7.35. The molecule has 4 heteroatoms. The molecule has 0 saturated heterocycles. The summed E-state index contributed by atoms with van der Waals surface area (Å²) in [4.78, 5) is 8.80. The average Bonchev–Trinajstić information content (AvgIpc) is 2.30. The van der Waals surface area contributed by atoms with E-state index in [4.69, 9.17) is 4.74 Å². The van der Waals surface area contributed by atoms with Crippen LogP contribution in [-0.4, -0.2) is 23.6 Å². The Balaban J connectivity index is 2.64. The van der Waals surface area contributed by atoms with E-state index in [1.807, 2.05) is 6.20 Å². The molecule has 0 aromatic carbocycles. The van der Waals surface area contributed by atoms with Crippen LogP contribution in [-0.2, 0) is 24.3 Å². The third-order valence-electron chi connectivity index (χ3n) is 2.48. The van der Waals surface area contributed by atoms with Gasteiger partial charge in [0.25, 0.3) is 0 Å². The van der Waals surface area contributed by atoms with Gasteiger partial charge in [0.15, 0.2) is 5.82 Å². The van der Waals surface area contributed by atoms with E-state index in [1.54, 1.807) is 7.11 Å². The number of ether oxygens (including phenoxy) is 1. The van der Waals surface area contributed by atoms with Crippen molar-refractivity contribution in [3.63, 3.8) is 0 Å². The van der Waals surface area contributed by atoms with Crippen LogP contribution < -0.4 is 5.32 Å². The van der Waals surface area contributed by atoms with Crippen LogP contribution in [0.1, 0.15) is 37.9 Å². The summed E-state index contributed by atoms with van der Waals surface area (Å²) in [6, 6.07) is 0. The van der Waals surface area contributed by atoms with E-state index in [9.17, 15) is 0 Å². The van der Waals surface area contributed by atoms with Crippen molar-refractivity contribution >= 4 is 0 Å². The van der Waals surface area contributed by atoms with E-state index in [-0.39, 0.29) is 0 Å². The Kier molecular flexibility index (Phi) is 6.08. The van der Waals surface area contributed by atoms with Gasteiger partial charge in [-0.1, -0.05) is 20.8 Å². The molecule has 1 N–H and O–H groups in total. The first kappa shape index (κ1) is 14.1. The first-order chi connectivity index (χ1) is 8.17. The maximum atomic E-state index is 5.04. The minimum Gasteiger partial charge on any atom is -0.377 e. The maximum absolute atomic E-state index is 5.04. The number of hydrogen-bond donors (Lipinski definition) is 1. The van der Waals surface area contributed by atoms with E-state index in [1.165, 1.54) is 5.56 Å². The normalized spacial score (nSPS) is 11.1. The van der Waals surface area contributed by atoms with Gasteiger partial charge in [-0.15, -0.1) is 0 Å². The van der Waals surface area contributed by atoms with Crippen molar-refractivity contribution < 1.29 is 4.74 Å². The van der Waals surface area contributed by atoms with Gasteiger partial charge >= 0.3 is 0 Å². The summed E-state index contributed by atoms with van der Waals surface area (Å²) in [7, 11) is 1.66. The van der Waals surface area contributed by atoms with Gasteiger partial charge in [0.2, 0.25) is 0 Å². The zero-order chi connectivity index (χ0) is 12.7. The second-order valence-electron chi connectivity index (χ2n) is 4.57. The molecular weight excluding hydrogens is 214 g/mol. The summed E-state index contributed by atoms with van der Waals surface area (Å²) in [5.74, 6) is 1.42. The number of aryl methyl sites for hydroxylation is 1. The molecule has 0 bridgehead atoms. The summed E-state index contributed by atoms with van der Waals surface area (Å²) >= 11 is 0. The lowest BCUT2D eigenvalue weighted by Gasteiger charge is -2.11. The molecule has 0 aliphatic heterocycles. The van der Waals surface area contributed by atoms with Crippen LogP contribution in [0, 0.1) is 5.92 Å². The molecule has 17 heavy (non-hydrogen) atoms. The highest BCUT2D eigenvalue weighted by molar-refractivity contribution is 5.17. The molecular formula is C13H23N3O. The molecule has 1 aromatic rings. The SMILES string of the molecule is CCc1nc(COC)ncc1CNCC(C)C. The third kappa shape index (κ3) is 4.79. The zero-order valence-electron chi connectivity index (χ0n) is 11.3. The molecule has 0 spiro atoms. The monoisotopic (exact) mass is 237 g/mol. The highest BCUT2D eigenvalue weighted by atomic mass is 16.5. The van der Waals surface area contributed by atoms with Crippen molar-refractivity contribution in [2.75, 3.05) is 13.7 Å². The molecule has 0 aliphatic carbocycles. The predicted octanol–water partition coefficient (Wildman–Crippen LogP) is 1.93. The van der Waals surface area contributed by atoms with Crippen molar-refractivity contribution in [2.45, 2.75) is 40.3 Å². The standard InChI is InChI=1S/C13H23N3O/c1-5-12-11(7-14-6-10(2)3)8-15-13(16-12)9-17-4/h8,10,14H,5-7,9H2,1-4H3. The summed E-state index contributed by atoms with van der Waals surface area (Å²) in [5.41, 5.74) is 2.30. The zero-order valence-corrected chi connectivity index (χ0v) is 11.3. The fraction of sp³-hybridized carbons (Fsp3) is 0.692. The lowest BCUT2D eigenvalue weighted by molar-refractivity contribution is 0.177. The van der Waals surface area contributed by atoms with Crippen molar-refractivity contribution in [1.82, 2.24) is 15.3 Å². The molecule has 0 unspecified atom stereocenters. The summed E-state index contributed by atoms with van der Waals surface area (Å²) in [5, 5.41) is 3.42. The number of aromatic nitrogens is 2. The van der Waals surface area contributed by atoms with Gasteiger partial charge in [-0.3, -0.25) is 0 Å². The summed E-state index contributed by atoms with van der Waals surface area (Å²) in [6.45, 7) is 8.85. The topological polar surface area (TPSA) is 47.0 Å². The minimum absolute atomic E-state index is 0.479. The largest absolute Gasteiger partial charge is 0.377 e. The fourth-order valence-electron chi connectivity index (χ4n) is 1.63. The summed E-state index contributed by atoms with van der Waals surface area (Å²) in [6.07, 6.45) is 2.84. The van der Waals surface area contributed by atoms with E-state index in [0.29, 0.717) is 12.5 Å². The molecule has 0 saturated carbocycles. The number of methoxy groups -OCH3 is 1. The molecule has 0 aliphatic rings. The summed E-state index contributed by atoms with van der Waals surface area (Å²) < 4.78 is 5.04. The van der Waals surface area contributed by atoms with Crippen LogP contribution in [0.4, 0.5) is 0 Å². The van der Waals surface area contributed by atoms with Gasteiger partial charge in [-0.25, -0.2) is 9.97 Å². The number of rotatable bonds is 7. The Morgan fingerprint density at radius 2 is 2.18 bits per heavy atom. The molecule has 0 amide bonds. The molecule has 4 nitrogen and oxygen atoms in total. The van der Waals surface area contributed by atoms with E-state index < -0.39 is 0 Å². The van der Waals surface area contributed by atoms with Gasteiger partial charge in [-0.05, 0) is 18.9 Å². The maximum Gasteiger partial charge on any atom is 0.154 e. The molecule has 0 atom stereocenters. The lowest BCUT2D eigenvalue weighted by Crippen LogP contribution is -2.20. The van der Waals surface area contributed by atoms with Crippen LogP contribution >= 0.6 is 0 Å². The fourth-order valence-corrected chi connectivity index (χ4v) is 1.63. The number of nitrogens with zero attached hydrogens (tertiary/aromatic N) is 2. The van der Waals surface area contributed by atoms with E-state index in [0.717, 1.165) is 31.0 Å². The Morgan fingerprint density at radius 3 is 2.76 bits per heavy atom. The van der Waals surface area contributed by atoms with Crippen molar-refractivity contribution in [2.24, 2.45) is 5.92 Å². The Morgan fingerprint density at radius 1 is 1.41 bits per heavy atom. The van der Waals surface area contributed by atoms with Gasteiger partial charge in [-0.2, -0.15) is 0 Å². The Bertz CT molecular complexity index is 339. The third-order valence-corrected chi connectivity index (χ3v) is 2.48.